The van der Waals surface area contributed by atoms with Gasteiger partial charge in [-0.05, 0) is 23.6 Å². The van der Waals surface area contributed by atoms with Gasteiger partial charge in [-0.2, -0.15) is 0 Å². The molecule has 3 rings (SSSR count). The summed E-state index contributed by atoms with van der Waals surface area (Å²) in [5.74, 6) is 0.172. The molecule has 0 amide bonds. The van der Waals surface area contributed by atoms with E-state index in [1.54, 1.807) is 23.5 Å². The number of nitrogens with two attached hydrogens (primary N) is 1. The van der Waals surface area contributed by atoms with Crippen LogP contribution in [0.4, 0.5) is 5.69 Å². The van der Waals surface area contributed by atoms with Crippen molar-refractivity contribution in [3.05, 3.63) is 68.5 Å². The molecule has 0 saturated heterocycles. The summed E-state index contributed by atoms with van der Waals surface area (Å²) in [7, 11) is 0. The van der Waals surface area contributed by atoms with Gasteiger partial charge in [0.2, 0.25) is 0 Å². The molecular weight excluding hydrogens is 347 g/mol. The SMILES string of the molecule is CC(Cc1nc(-c2ccccc2)cs1)c1c(Cl)cc(N)cc1Cl. The van der Waals surface area contributed by atoms with Crippen LogP contribution >= 0.6 is 34.5 Å². The molecule has 118 valence electrons. The summed E-state index contributed by atoms with van der Waals surface area (Å²) in [5, 5.41) is 4.38. The molecule has 3 aromatic rings. The quantitative estimate of drug-likeness (QED) is 0.574. The van der Waals surface area contributed by atoms with Crippen LogP contribution in [0.25, 0.3) is 11.3 Å². The minimum atomic E-state index is 0.172. The van der Waals surface area contributed by atoms with E-state index in [0.717, 1.165) is 28.2 Å². The van der Waals surface area contributed by atoms with Crippen molar-refractivity contribution in [3.63, 3.8) is 0 Å². The average molecular weight is 363 g/mol. The summed E-state index contributed by atoms with van der Waals surface area (Å²) >= 11 is 14.3. The van der Waals surface area contributed by atoms with Gasteiger partial charge in [0.1, 0.15) is 0 Å². The zero-order valence-electron chi connectivity index (χ0n) is 12.6. The molecule has 1 atom stereocenters. The van der Waals surface area contributed by atoms with Crippen molar-refractivity contribution in [2.24, 2.45) is 0 Å². The smallest absolute Gasteiger partial charge is 0.0938 e. The zero-order chi connectivity index (χ0) is 16.4. The largest absolute Gasteiger partial charge is 0.399 e. The maximum atomic E-state index is 6.32. The summed E-state index contributed by atoms with van der Waals surface area (Å²) in [6.45, 7) is 2.10. The molecule has 0 radical (unpaired) electrons. The second kappa shape index (κ2) is 6.91. The third-order valence-electron chi connectivity index (χ3n) is 3.70. The van der Waals surface area contributed by atoms with E-state index in [4.69, 9.17) is 33.9 Å². The van der Waals surface area contributed by atoms with Gasteiger partial charge in [0.25, 0.3) is 0 Å². The number of thiazole rings is 1. The number of nitrogen functional groups attached to an aromatic ring is 1. The van der Waals surface area contributed by atoms with Crippen LogP contribution in [0.3, 0.4) is 0 Å². The minimum Gasteiger partial charge on any atom is -0.399 e. The van der Waals surface area contributed by atoms with Gasteiger partial charge >= 0.3 is 0 Å². The second-order valence-corrected chi connectivity index (χ2v) is 7.25. The van der Waals surface area contributed by atoms with E-state index < -0.39 is 0 Å². The lowest BCUT2D eigenvalue weighted by Crippen LogP contribution is -2.01. The molecule has 0 aliphatic heterocycles. The summed E-state index contributed by atoms with van der Waals surface area (Å²) in [4.78, 5) is 4.73. The van der Waals surface area contributed by atoms with Gasteiger partial charge in [-0.1, -0.05) is 60.5 Å². The fourth-order valence-electron chi connectivity index (χ4n) is 2.58. The third-order valence-corrected chi connectivity index (χ3v) is 5.19. The van der Waals surface area contributed by atoms with E-state index in [9.17, 15) is 0 Å². The molecule has 0 aliphatic rings. The number of rotatable bonds is 4. The highest BCUT2D eigenvalue weighted by Gasteiger charge is 2.17. The summed E-state index contributed by atoms with van der Waals surface area (Å²) in [5.41, 5.74) is 9.42. The van der Waals surface area contributed by atoms with Crippen molar-refractivity contribution < 1.29 is 0 Å². The molecule has 0 fully saturated rings. The van der Waals surface area contributed by atoms with Crippen molar-refractivity contribution in [2.45, 2.75) is 19.3 Å². The van der Waals surface area contributed by atoms with Crippen LogP contribution in [0, 0.1) is 0 Å². The van der Waals surface area contributed by atoms with Crippen molar-refractivity contribution in [3.8, 4) is 11.3 Å². The van der Waals surface area contributed by atoms with Gasteiger partial charge in [-0.3, -0.25) is 0 Å². The standard InChI is InChI=1S/C18H16Cl2N2S/c1-11(18-14(19)8-13(21)9-15(18)20)7-17-22-16(10-23-17)12-5-3-2-4-6-12/h2-6,8-11H,7,21H2,1H3. The maximum absolute atomic E-state index is 6.32. The molecule has 1 heterocycles. The minimum absolute atomic E-state index is 0.172. The molecule has 0 aliphatic carbocycles. The molecule has 2 aromatic carbocycles. The number of benzene rings is 2. The van der Waals surface area contributed by atoms with Crippen LogP contribution in [-0.4, -0.2) is 4.98 Å². The highest BCUT2D eigenvalue weighted by atomic mass is 35.5. The van der Waals surface area contributed by atoms with Crippen molar-refractivity contribution >= 4 is 40.2 Å². The molecule has 5 heteroatoms. The highest BCUT2D eigenvalue weighted by Crippen LogP contribution is 2.36. The normalized spacial score (nSPS) is 12.3. The van der Waals surface area contributed by atoms with Gasteiger partial charge < -0.3 is 5.73 Å². The van der Waals surface area contributed by atoms with Crippen LogP contribution < -0.4 is 5.73 Å². The lowest BCUT2D eigenvalue weighted by Gasteiger charge is -2.15. The average Bonchev–Trinajstić information content (AvgIpc) is 2.95. The number of hydrogen-bond donors (Lipinski definition) is 1. The maximum Gasteiger partial charge on any atom is 0.0938 e. The lowest BCUT2D eigenvalue weighted by molar-refractivity contribution is 0.755. The Hall–Kier alpha value is -1.55. The Kier molecular flexibility index (Phi) is 4.90. The predicted molar refractivity (Wildman–Crippen MR) is 101 cm³/mol. The summed E-state index contributed by atoms with van der Waals surface area (Å²) in [6.07, 6.45) is 0.793. The highest BCUT2D eigenvalue weighted by molar-refractivity contribution is 7.09. The first-order chi connectivity index (χ1) is 11.0. The molecule has 2 N–H and O–H groups in total. The van der Waals surface area contributed by atoms with Gasteiger partial charge in [0.15, 0.2) is 0 Å². The third kappa shape index (κ3) is 3.69. The zero-order valence-corrected chi connectivity index (χ0v) is 14.9. The molecule has 23 heavy (non-hydrogen) atoms. The van der Waals surface area contributed by atoms with Crippen LogP contribution in [0.2, 0.25) is 10.0 Å². The van der Waals surface area contributed by atoms with E-state index in [1.807, 2.05) is 18.2 Å². The molecule has 0 spiro atoms. The number of nitrogens with zero attached hydrogens (tertiary/aromatic N) is 1. The topological polar surface area (TPSA) is 38.9 Å². The van der Waals surface area contributed by atoms with Crippen molar-refractivity contribution in [1.29, 1.82) is 0 Å². The van der Waals surface area contributed by atoms with Crippen LogP contribution in [0.5, 0.6) is 0 Å². The fraction of sp³-hybridized carbons (Fsp3) is 0.167. The van der Waals surface area contributed by atoms with Crippen LogP contribution in [0.1, 0.15) is 23.4 Å². The first kappa shape index (κ1) is 16.3. The van der Waals surface area contributed by atoms with Gasteiger partial charge in [-0.15, -0.1) is 11.3 Å². The van der Waals surface area contributed by atoms with Crippen molar-refractivity contribution in [2.75, 3.05) is 5.73 Å². The first-order valence-corrected chi connectivity index (χ1v) is 8.92. The molecule has 0 saturated carbocycles. The van der Waals surface area contributed by atoms with Crippen LogP contribution in [-0.2, 0) is 6.42 Å². The molecule has 0 bridgehead atoms. The van der Waals surface area contributed by atoms with Gasteiger partial charge in [0.05, 0.1) is 10.7 Å². The summed E-state index contributed by atoms with van der Waals surface area (Å²) in [6, 6.07) is 13.7. The molecule has 2 nitrogen and oxygen atoms in total. The Bertz CT molecular complexity index is 792. The molecular formula is C18H16Cl2N2S. The fourth-order valence-corrected chi connectivity index (χ4v) is 4.40. The van der Waals surface area contributed by atoms with Crippen LogP contribution in [0.15, 0.2) is 47.8 Å². The number of hydrogen-bond acceptors (Lipinski definition) is 3. The Labute approximate surface area is 149 Å². The first-order valence-electron chi connectivity index (χ1n) is 7.29. The van der Waals surface area contributed by atoms with E-state index in [0.29, 0.717) is 15.7 Å². The molecule has 1 unspecified atom stereocenters. The number of anilines is 1. The van der Waals surface area contributed by atoms with E-state index in [-0.39, 0.29) is 5.92 Å². The number of aromatic nitrogens is 1. The van der Waals surface area contributed by atoms with Gasteiger partial charge in [0, 0.05) is 33.1 Å². The predicted octanol–water partition coefficient (Wildman–Crippen LogP) is 6.05. The second-order valence-electron chi connectivity index (χ2n) is 5.50. The lowest BCUT2D eigenvalue weighted by atomic mass is 9.97. The Morgan fingerprint density at radius 3 is 2.43 bits per heavy atom. The van der Waals surface area contributed by atoms with E-state index >= 15 is 0 Å². The Morgan fingerprint density at radius 2 is 1.78 bits per heavy atom. The Balaban J connectivity index is 1.82. The molecule has 1 aromatic heterocycles. The monoisotopic (exact) mass is 362 g/mol. The van der Waals surface area contributed by atoms with Crippen molar-refractivity contribution in [1.82, 2.24) is 4.98 Å². The van der Waals surface area contributed by atoms with E-state index in [1.165, 1.54) is 0 Å². The van der Waals surface area contributed by atoms with Gasteiger partial charge in [-0.25, -0.2) is 4.98 Å². The summed E-state index contributed by atoms with van der Waals surface area (Å²) < 4.78 is 0. The number of halogens is 2. The van der Waals surface area contributed by atoms with E-state index in [2.05, 4.69) is 24.4 Å². The Morgan fingerprint density at radius 1 is 1.13 bits per heavy atom.